The minimum atomic E-state index is -1.37. The number of nitrogens with zero attached hydrogens (tertiary/aromatic N) is 1. The Morgan fingerprint density at radius 1 is 1.03 bits per heavy atom. The molecule has 0 bridgehead atoms. The maximum absolute atomic E-state index is 14.1. The second-order valence-electron chi connectivity index (χ2n) is 10.5. The number of esters is 1. The number of ether oxygens (including phenoxy) is 2. The molecular weight excluding hydrogens is 504 g/mol. The average Bonchev–Trinajstić information content (AvgIpc) is 2.83. The van der Waals surface area contributed by atoms with Crippen LogP contribution in [0.5, 0.6) is 0 Å². The van der Waals surface area contributed by atoms with Crippen LogP contribution in [0.1, 0.15) is 82.5 Å². The Hall–Kier alpha value is -3.63. The van der Waals surface area contributed by atoms with Crippen molar-refractivity contribution in [2.75, 3.05) is 20.2 Å². The number of rotatable bonds is 14. The SMILES string of the molecule is CCCCCCN(C(=O)C(CC(N)=O)NC(=O)OC(C)(C)C)C(C(=O)NCC(=O)OC)c1c(C)cccc1C. The molecule has 0 fully saturated rings. The van der Waals surface area contributed by atoms with E-state index in [0.29, 0.717) is 12.0 Å². The van der Waals surface area contributed by atoms with E-state index in [1.807, 2.05) is 32.0 Å². The number of amides is 4. The van der Waals surface area contributed by atoms with Gasteiger partial charge in [0.05, 0.1) is 13.5 Å². The molecule has 0 radical (unpaired) electrons. The Morgan fingerprint density at radius 3 is 2.15 bits per heavy atom. The normalized spacial score (nSPS) is 12.6. The van der Waals surface area contributed by atoms with E-state index in [2.05, 4.69) is 22.3 Å². The predicted octanol–water partition coefficient (Wildman–Crippen LogP) is 2.81. The van der Waals surface area contributed by atoms with Gasteiger partial charge in [0, 0.05) is 6.54 Å². The number of primary amides is 1. The first-order valence-corrected chi connectivity index (χ1v) is 13.2. The molecule has 4 amide bonds. The van der Waals surface area contributed by atoms with Crippen molar-refractivity contribution >= 4 is 29.8 Å². The molecular formula is C28H44N4O7. The molecule has 0 aromatic heterocycles. The maximum atomic E-state index is 14.1. The molecule has 0 heterocycles. The molecule has 0 saturated carbocycles. The summed E-state index contributed by atoms with van der Waals surface area (Å²) in [6.45, 7) is 10.5. The highest BCUT2D eigenvalue weighted by Crippen LogP contribution is 2.29. The molecule has 11 heteroatoms. The summed E-state index contributed by atoms with van der Waals surface area (Å²) in [5.74, 6) is -2.73. The van der Waals surface area contributed by atoms with E-state index >= 15 is 0 Å². The van der Waals surface area contributed by atoms with E-state index < -0.39 is 60.4 Å². The van der Waals surface area contributed by atoms with E-state index in [4.69, 9.17) is 10.5 Å². The van der Waals surface area contributed by atoms with Gasteiger partial charge in [-0.2, -0.15) is 0 Å². The Kier molecular flexibility index (Phi) is 13.4. The largest absolute Gasteiger partial charge is 0.468 e. The van der Waals surface area contributed by atoms with E-state index in [1.165, 1.54) is 12.0 Å². The minimum absolute atomic E-state index is 0.161. The zero-order valence-corrected chi connectivity index (χ0v) is 24.2. The predicted molar refractivity (Wildman–Crippen MR) is 147 cm³/mol. The number of unbranched alkanes of at least 4 members (excludes halogenated alkanes) is 3. The highest BCUT2D eigenvalue weighted by Gasteiger charge is 2.38. The number of carbonyl (C=O) groups is 5. The fourth-order valence-corrected chi connectivity index (χ4v) is 4.14. The van der Waals surface area contributed by atoms with Gasteiger partial charge in [-0.3, -0.25) is 19.2 Å². The topological polar surface area (TPSA) is 157 Å². The van der Waals surface area contributed by atoms with Gasteiger partial charge in [-0.25, -0.2) is 4.79 Å². The lowest BCUT2D eigenvalue weighted by atomic mass is 9.93. The van der Waals surface area contributed by atoms with Gasteiger partial charge in [0.1, 0.15) is 24.2 Å². The lowest BCUT2D eigenvalue weighted by Gasteiger charge is -2.35. The Bertz CT molecular complexity index is 999. The second-order valence-corrected chi connectivity index (χ2v) is 10.5. The molecule has 2 unspecified atom stereocenters. The van der Waals surface area contributed by atoms with Gasteiger partial charge in [0.25, 0.3) is 0 Å². The number of aryl methyl sites for hydroxylation is 2. The number of hydrogen-bond donors (Lipinski definition) is 3. The van der Waals surface area contributed by atoms with Crippen LogP contribution in [0, 0.1) is 13.8 Å². The molecule has 218 valence electrons. The van der Waals surface area contributed by atoms with Crippen molar-refractivity contribution in [2.45, 2.75) is 91.3 Å². The molecule has 2 atom stereocenters. The number of nitrogens with one attached hydrogen (secondary N) is 2. The van der Waals surface area contributed by atoms with Crippen LogP contribution in [-0.4, -0.2) is 66.5 Å². The Labute approximate surface area is 231 Å². The third-order valence-electron chi connectivity index (χ3n) is 5.94. The number of alkyl carbamates (subject to hydrolysis) is 1. The quantitative estimate of drug-likeness (QED) is 0.238. The van der Waals surface area contributed by atoms with Crippen molar-refractivity contribution in [3.63, 3.8) is 0 Å². The van der Waals surface area contributed by atoms with E-state index in [9.17, 15) is 24.0 Å². The summed E-state index contributed by atoms with van der Waals surface area (Å²) < 4.78 is 9.95. The van der Waals surface area contributed by atoms with Gasteiger partial charge in [0.15, 0.2) is 0 Å². The third-order valence-corrected chi connectivity index (χ3v) is 5.94. The van der Waals surface area contributed by atoms with Crippen molar-refractivity contribution in [2.24, 2.45) is 5.73 Å². The van der Waals surface area contributed by atoms with Crippen LogP contribution in [0.25, 0.3) is 0 Å². The first-order valence-electron chi connectivity index (χ1n) is 13.2. The summed E-state index contributed by atoms with van der Waals surface area (Å²) >= 11 is 0. The molecule has 4 N–H and O–H groups in total. The monoisotopic (exact) mass is 548 g/mol. The van der Waals surface area contributed by atoms with Crippen LogP contribution in [-0.2, 0) is 28.7 Å². The zero-order valence-electron chi connectivity index (χ0n) is 24.2. The van der Waals surface area contributed by atoms with Crippen molar-refractivity contribution < 1.29 is 33.4 Å². The molecule has 0 aliphatic rings. The fraction of sp³-hybridized carbons (Fsp3) is 0.607. The maximum Gasteiger partial charge on any atom is 0.408 e. The Balaban J connectivity index is 3.60. The first-order chi connectivity index (χ1) is 18.2. The molecule has 11 nitrogen and oxygen atoms in total. The summed E-state index contributed by atoms with van der Waals surface area (Å²) in [7, 11) is 1.21. The summed E-state index contributed by atoms with van der Waals surface area (Å²) in [6.07, 6.45) is 1.85. The van der Waals surface area contributed by atoms with Crippen LogP contribution >= 0.6 is 0 Å². The fourth-order valence-electron chi connectivity index (χ4n) is 4.14. The summed E-state index contributed by atoms with van der Waals surface area (Å²) in [4.78, 5) is 65.3. The molecule has 1 aromatic carbocycles. The van der Waals surface area contributed by atoms with Gasteiger partial charge in [-0.05, 0) is 57.7 Å². The zero-order chi connectivity index (χ0) is 29.8. The van der Waals surface area contributed by atoms with Crippen molar-refractivity contribution in [3.8, 4) is 0 Å². The number of methoxy groups -OCH3 is 1. The van der Waals surface area contributed by atoms with Crippen LogP contribution < -0.4 is 16.4 Å². The van der Waals surface area contributed by atoms with Crippen molar-refractivity contribution in [3.05, 3.63) is 34.9 Å². The lowest BCUT2D eigenvalue weighted by molar-refractivity contribution is -0.145. The van der Waals surface area contributed by atoms with Gasteiger partial charge in [-0.15, -0.1) is 0 Å². The molecule has 1 aromatic rings. The van der Waals surface area contributed by atoms with Crippen LogP contribution in [0.2, 0.25) is 0 Å². The van der Waals surface area contributed by atoms with E-state index in [-0.39, 0.29) is 6.54 Å². The summed E-state index contributed by atoms with van der Waals surface area (Å²) in [6, 6.07) is 2.96. The van der Waals surface area contributed by atoms with Gasteiger partial charge in [0.2, 0.25) is 17.7 Å². The average molecular weight is 549 g/mol. The van der Waals surface area contributed by atoms with E-state index in [0.717, 1.165) is 30.4 Å². The van der Waals surface area contributed by atoms with Gasteiger partial charge in [-0.1, -0.05) is 44.4 Å². The van der Waals surface area contributed by atoms with Gasteiger partial charge >= 0.3 is 12.1 Å². The highest BCUT2D eigenvalue weighted by atomic mass is 16.6. The standard InChI is InChI=1S/C28H44N4O7/c1-8-9-10-11-15-32(26(36)20(16-21(29)33)31-27(37)39-28(4,5)6)24(25(35)30-17-22(34)38-7)23-18(2)13-12-14-19(23)3/h12-14,20,24H,8-11,15-17H2,1-7H3,(H2,29,33)(H,30,35)(H,31,37). The highest BCUT2D eigenvalue weighted by molar-refractivity contribution is 5.95. The Morgan fingerprint density at radius 2 is 1.64 bits per heavy atom. The summed E-state index contributed by atoms with van der Waals surface area (Å²) in [5, 5.41) is 5.03. The lowest BCUT2D eigenvalue weighted by Crippen LogP contribution is -2.54. The number of nitrogens with two attached hydrogens (primary N) is 1. The third kappa shape index (κ3) is 11.3. The van der Waals surface area contributed by atoms with Crippen LogP contribution in [0.3, 0.4) is 0 Å². The number of carbonyl (C=O) groups excluding carboxylic acids is 5. The second kappa shape index (κ2) is 15.7. The number of hydrogen-bond acceptors (Lipinski definition) is 7. The van der Waals surface area contributed by atoms with E-state index in [1.54, 1.807) is 20.8 Å². The molecule has 1 rings (SSSR count). The molecule has 39 heavy (non-hydrogen) atoms. The number of benzene rings is 1. The van der Waals surface area contributed by atoms with Crippen molar-refractivity contribution in [1.29, 1.82) is 0 Å². The van der Waals surface area contributed by atoms with Gasteiger partial charge < -0.3 is 30.7 Å². The molecule has 0 spiro atoms. The van der Waals surface area contributed by atoms with Crippen LogP contribution in [0.15, 0.2) is 18.2 Å². The first kappa shape index (κ1) is 33.4. The summed E-state index contributed by atoms with van der Waals surface area (Å²) in [5.41, 5.74) is 6.68. The molecule has 0 saturated heterocycles. The van der Waals surface area contributed by atoms with Crippen LogP contribution in [0.4, 0.5) is 4.79 Å². The molecule has 0 aliphatic heterocycles. The molecule has 0 aliphatic carbocycles. The minimum Gasteiger partial charge on any atom is -0.468 e. The smallest absolute Gasteiger partial charge is 0.408 e. The van der Waals surface area contributed by atoms with Crippen molar-refractivity contribution in [1.82, 2.24) is 15.5 Å².